The average Bonchev–Trinajstić information content (AvgIpc) is 2.71. The van der Waals surface area contributed by atoms with Crippen molar-refractivity contribution in [3.63, 3.8) is 0 Å². The molecule has 0 aromatic heterocycles. The molecule has 9 heteroatoms. The fourth-order valence-electron chi connectivity index (χ4n) is 5.99. The first-order valence-corrected chi connectivity index (χ1v) is 11.2. The predicted molar refractivity (Wildman–Crippen MR) is 123 cm³/mol. The van der Waals surface area contributed by atoms with Crippen LogP contribution in [0.25, 0.3) is 0 Å². The first-order valence-electron chi connectivity index (χ1n) is 11.2. The van der Waals surface area contributed by atoms with Crippen LogP contribution < -0.4 is 21.8 Å². The molecule has 4 aliphatic carbocycles. The summed E-state index contributed by atoms with van der Waals surface area (Å²) in [6, 6.07) is 8.32. The molecule has 1 atom stereocenters. The van der Waals surface area contributed by atoms with E-state index in [1.807, 2.05) is 6.92 Å². The number of hydrogen-bond donors (Lipinski definition) is 5. The highest BCUT2D eigenvalue weighted by atomic mass is 16.5. The van der Waals surface area contributed by atoms with Crippen LogP contribution >= 0.6 is 0 Å². The van der Waals surface area contributed by atoms with Gasteiger partial charge in [-0.1, -0.05) is 6.07 Å². The summed E-state index contributed by atoms with van der Waals surface area (Å²) in [5, 5.41) is 25.7. The number of anilines is 2. The molecule has 0 aliphatic heterocycles. The number of nitrogens with one attached hydrogen (secondary N) is 4. The van der Waals surface area contributed by atoms with E-state index >= 15 is 0 Å². The number of urea groups is 1. The van der Waals surface area contributed by atoms with E-state index in [9.17, 15) is 4.79 Å². The number of carbonyl (C=O) groups excluding carboxylic acids is 1. The van der Waals surface area contributed by atoms with Gasteiger partial charge in [-0.3, -0.25) is 10.8 Å². The van der Waals surface area contributed by atoms with Crippen LogP contribution in [-0.4, -0.2) is 35.8 Å². The summed E-state index contributed by atoms with van der Waals surface area (Å²) in [5.41, 5.74) is 8.87. The largest absolute Gasteiger partial charge is 0.382 e. The van der Waals surface area contributed by atoms with E-state index in [4.69, 9.17) is 21.1 Å². The number of nitrogens with zero attached hydrogens (tertiary/aromatic N) is 2. The molecule has 1 aromatic carbocycles. The maximum atomic E-state index is 12.4. The first kappa shape index (κ1) is 22.1. The van der Waals surface area contributed by atoms with Gasteiger partial charge in [0.2, 0.25) is 5.71 Å². The SMILES string of the molecule is CC(CNC(=O)Nc1cccc(N/N=C(\C#N)C(=N)N)c1)OC12CC3CC(CC(C3)C1)C2. The zero-order valence-electron chi connectivity index (χ0n) is 18.4. The van der Waals surface area contributed by atoms with E-state index < -0.39 is 5.84 Å². The fourth-order valence-corrected chi connectivity index (χ4v) is 5.99. The molecule has 2 amide bonds. The van der Waals surface area contributed by atoms with E-state index in [1.54, 1.807) is 30.3 Å². The van der Waals surface area contributed by atoms with Crippen molar-refractivity contribution in [2.75, 3.05) is 17.3 Å². The second-order valence-corrected chi connectivity index (χ2v) is 9.54. The molecule has 0 radical (unpaired) electrons. The van der Waals surface area contributed by atoms with Crippen molar-refractivity contribution in [3.8, 4) is 6.07 Å². The van der Waals surface area contributed by atoms with Crippen molar-refractivity contribution >= 4 is 29.0 Å². The van der Waals surface area contributed by atoms with E-state index in [2.05, 4.69) is 21.2 Å². The number of hydrazone groups is 1. The molecular weight excluding hydrogens is 406 g/mol. The number of nitrogens with two attached hydrogens (primary N) is 1. The summed E-state index contributed by atoms with van der Waals surface area (Å²) >= 11 is 0. The van der Waals surface area contributed by atoms with Crippen molar-refractivity contribution in [2.24, 2.45) is 28.6 Å². The number of amidine groups is 1. The third-order valence-electron chi connectivity index (χ3n) is 6.76. The summed E-state index contributed by atoms with van der Waals surface area (Å²) in [4.78, 5) is 12.4. The van der Waals surface area contributed by atoms with Crippen LogP contribution in [0.2, 0.25) is 0 Å². The van der Waals surface area contributed by atoms with Gasteiger partial charge in [-0.15, -0.1) is 0 Å². The number of nitriles is 1. The summed E-state index contributed by atoms with van der Waals surface area (Å²) in [6.45, 7) is 2.48. The number of benzene rings is 1. The van der Waals surface area contributed by atoms with Gasteiger partial charge in [-0.2, -0.15) is 10.4 Å². The summed E-state index contributed by atoms with van der Waals surface area (Å²) in [6.07, 6.45) is 7.62. The molecule has 4 saturated carbocycles. The first-order chi connectivity index (χ1) is 15.3. The minimum Gasteiger partial charge on any atom is -0.382 e. The van der Waals surface area contributed by atoms with E-state index in [0.717, 1.165) is 17.8 Å². The van der Waals surface area contributed by atoms with E-state index in [-0.39, 0.29) is 23.4 Å². The highest BCUT2D eigenvalue weighted by molar-refractivity contribution is 6.45. The van der Waals surface area contributed by atoms with Crippen LogP contribution in [0.4, 0.5) is 16.2 Å². The van der Waals surface area contributed by atoms with Gasteiger partial charge in [0.15, 0.2) is 5.84 Å². The number of hydrogen-bond acceptors (Lipinski definition) is 6. The standard InChI is InChI=1S/C23H31N7O2/c1-14(32-23-9-15-5-16(10-23)7-17(6-15)11-23)13-27-22(31)28-18-3-2-4-19(8-18)29-30-20(12-24)21(25)26/h2-4,8,14-17,29H,5-7,9-11,13H2,1H3,(H3,25,26)(H2,27,28,31)/b30-20+. The third-order valence-corrected chi connectivity index (χ3v) is 6.76. The van der Waals surface area contributed by atoms with Gasteiger partial charge in [-0.05, 0) is 81.4 Å². The Kier molecular flexibility index (Phi) is 6.33. The molecule has 1 unspecified atom stereocenters. The van der Waals surface area contributed by atoms with Gasteiger partial charge < -0.3 is 21.1 Å². The predicted octanol–water partition coefficient (Wildman–Crippen LogP) is 3.41. The molecule has 4 bridgehead atoms. The lowest BCUT2D eigenvalue weighted by atomic mass is 9.54. The Bertz CT molecular complexity index is 917. The second-order valence-electron chi connectivity index (χ2n) is 9.54. The van der Waals surface area contributed by atoms with Crippen LogP contribution in [0.5, 0.6) is 0 Å². The Hall–Kier alpha value is -3.12. The van der Waals surface area contributed by atoms with Gasteiger partial charge in [0.1, 0.15) is 6.07 Å². The van der Waals surface area contributed by atoms with Crippen LogP contribution in [0.3, 0.4) is 0 Å². The average molecular weight is 438 g/mol. The van der Waals surface area contributed by atoms with Crippen LogP contribution in [0.15, 0.2) is 29.4 Å². The van der Waals surface area contributed by atoms with Gasteiger partial charge in [0, 0.05) is 12.2 Å². The van der Waals surface area contributed by atoms with Crippen molar-refractivity contribution in [1.29, 1.82) is 10.7 Å². The molecule has 0 heterocycles. The lowest BCUT2D eigenvalue weighted by Gasteiger charge is -2.57. The van der Waals surface area contributed by atoms with Crippen molar-refractivity contribution in [2.45, 2.75) is 57.2 Å². The van der Waals surface area contributed by atoms with Crippen LogP contribution in [0.1, 0.15) is 45.4 Å². The molecule has 32 heavy (non-hydrogen) atoms. The highest BCUT2D eigenvalue weighted by Crippen LogP contribution is 2.57. The van der Waals surface area contributed by atoms with E-state index in [0.29, 0.717) is 17.9 Å². The quantitative estimate of drug-likeness (QED) is 0.240. The lowest BCUT2D eigenvalue weighted by molar-refractivity contribution is -0.182. The van der Waals surface area contributed by atoms with Crippen LogP contribution in [0, 0.1) is 34.5 Å². The van der Waals surface area contributed by atoms with Gasteiger partial charge in [0.05, 0.1) is 17.4 Å². The molecule has 9 nitrogen and oxygen atoms in total. The second kappa shape index (κ2) is 9.17. The van der Waals surface area contributed by atoms with Gasteiger partial charge in [-0.25, -0.2) is 4.79 Å². The summed E-state index contributed by atoms with van der Waals surface area (Å²) < 4.78 is 6.53. The van der Waals surface area contributed by atoms with Gasteiger partial charge in [0.25, 0.3) is 0 Å². The molecule has 4 fully saturated rings. The van der Waals surface area contributed by atoms with Crippen molar-refractivity contribution in [3.05, 3.63) is 24.3 Å². The Labute approximate surface area is 188 Å². The molecule has 5 rings (SSSR count). The fraction of sp³-hybridized carbons (Fsp3) is 0.565. The third kappa shape index (κ3) is 5.19. The molecule has 170 valence electrons. The Morgan fingerprint density at radius 1 is 1.28 bits per heavy atom. The number of ether oxygens (including phenoxy) is 1. The number of rotatable bonds is 8. The monoisotopic (exact) mass is 437 g/mol. The Balaban J connectivity index is 1.25. The lowest BCUT2D eigenvalue weighted by Crippen LogP contribution is -2.54. The molecular formula is C23H31N7O2. The minimum atomic E-state index is -0.418. The Morgan fingerprint density at radius 3 is 2.50 bits per heavy atom. The molecule has 1 aromatic rings. The number of amides is 2. The molecule has 4 aliphatic rings. The topological polar surface area (TPSA) is 148 Å². The smallest absolute Gasteiger partial charge is 0.319 e. The number of carbonyl (C=O) groups is 1. The zero-order valence-corrected chi connectivity index (χ0v) is 18.4. The minimum absolute atomic E-state index is 0.0228. The normalized spacial score (nSPS) is 29.1. The molecule has 6 N–H and O–H groups in total. The van der Waals surface area contributed by atoms with Crippen molar-refractivity contribution in [1.82, 2.24) is 5.32 Å². The maximum absolute atomic E-state index is 12.4. The van der Waals surface area contributed by atoms with E-state index in [1.165, 1.54) is 38.5 Å². The summed E-state index contributed by atoms with van der Waals surface area (Å²) in [7, 11) is 0. The Morgan fingerprint density at radius 2 is 1.91 bits per heavy atom. The van der Waals surface area contributed by atoms with Crippen molar-refractivity contribution < 1.29 is 9.53 Å². The van der Waals surface area contributed by atoms with Gasteiger partial charge >= 0.3 is 6.03 Å². The van der Waals surface area contributed by atoms with Crippen LogP contribution in [-0.2, 0) is 4.74 Å². The molecule has 0 spiro atoms. The highest BCUT2D eigenvalue weighted by Gasteiger charge is 2.52. The zero-order chi connectivity index (χ0) is 22.7. The maximum Gasteiger partial charge on any atom is 0.319 e. The molecule has 0 saturated heterocycles. The summed E-state index contributed by atoms with van der Waals surface area (Å²) in [5.74, 6) is 2.07.